The van der Waals surface area contributed by atoms with E-state index in [1.807, 2.05) is 42.5 Å². The normalized spacial score (nSPS) is 11.1. The fraction of sp³-hybridized carbons (Fsp3) is 0.0588. The summed E-state index contributed by atoms with van der Waals surface area (Å²) >= 11 is 6.54. The predicted octanol–water partition coefficient (Wildman–Crippen LogP) is 4.52. The molecule has 2 aromatic carbocycles. The third-order valence-electron chi connectivity index (χ3n) is 3.27. The van der Waals surface area contributed by atoms with Gasteiger partial charge in [0, 0.05) is 17.1 Å². The number of hydrogen-bond acceptors (Lipinski definition) is 4. The van der Waals surface area contributed by atoms with Gasteiger partial charge in [-0.3, -0.25) is 4.79 Å². The molecule has 122 valence electrons. The summed E-state index contributed by atoms with van der Waals surface area (Å²) in [5.41, 5.74) is 3.36. The highest BCUT2D eigenvalue weighted by Crippen LogP contribution is 2.25. The van der Waals surface area contributed by atoms with Gasteiger partial charge in [0.1, 0.15) is 5.76 Å². The smallest absolute Gasteiger partial charge is 0.259 e. The van der Waals surface area contributed by atoms with E-state index in [1.165, 1.54) is 6.21 Å². The van der Waals surface area contributed by atoms with Gasteiger partial charge in [0.25, 0.3) is 5.91 Å². The topological polar surface area (TPSA) is 66.6 Å². The molecule has 3 aromatic rings. The molecule has 0 saturated heterocycles. The second-order valence-electron chi connectivity index (χ2n) is 4.94. The molecule has 0 aliphatic carbocycles. The minimum absolute atomic E-state index is 0.122. The van der Waals surface area contributed by atoms with E-state index < -0.39 is 0 Å². The molecule has 0 radical (unpaired) electrons. The van der Waals surface area contributed by atoms with Gasteiger partial charge >= 0.3 is 0 Å². The summed E-state index contributed by atoms with van der Waals surface area (Å²) in [6.45, 7) is 0.122. The first-order chi connectivity index (χ1) is 11.6. The second-order valence-corrected chi connectivity index (χ2v) is 6.52. The SMILES string of the molecule is O=C(CNc1cccc2ccccc12)N/N=C/c1cc(Br)c(Br)o1. The van der Waals surface area contributed by atoms with Crippen molar-refractivity contribution in [3.8, 4) is 0 Å². The van der Waals surface area contributed by atoms with Crippen LogP contribution in [-0.4, -0.2) is 18.7 Å². The highest BCUT2D eigenvalue weighted by molar-refractivity contribution is 9.13. The third kappa shape index (κ3) is 4.04. The average Bonchev–Trinajstić information content (AvgIpc) is 2.91. The molecule has 1 heterocycles. The van der Waals surface area contributed by atoms with Crippen LogP contribution in [0.1, 0.15) is 5.76 Å². The molecule has 0 unspecified atom stereocenters. The molecular formula is C17H13Br2N3O2. The first kappa shape index (κ1) is 16.7. The monoisotopic (exact) mass is 449 g/mol. The van der Waals surface area contributed by atoms with Crippen molar-refractivity contribution in [3.05, 3.63) is 63.4 Å². The lowest BCUT2D eigenvalue weighted by molar-refractivity contribution is -0.119. The maximum Gasteiger partial charge on any atom is 0.259 e. The number of halogens is 2. The van der Waals surface area contributed by atoms with Crippen LogP contribution in [0, 0.1) is 0 Å². The number of benzene rings is 2. The van der Waals surface area contributed by atoms with E-state index in [9.17, 15) is 4.79 Å². The number of hydrazone groups is 1. The highest BCUT2D eigenvalue weighted by atomic mass is 79.9. The summed E-state index contributed by atoms with van der Waals surface area (Å²) in [6, 6.07) is 15.7. The lowest BCUT2D eigenvalue weighted by atomic mass is 10.1. The van der Waals surface area contributed by atoms with Gasteiger partial charge in [0.15, 0.2) is 4.67 Å². The van der Waals surface area contributed by atoms with Gasteiger partial charge in [-0.25, -0.2) is 5.43 Å². The Hall–Kier alpha value is -2.12. The Morgan fingerprint density at radius 1 is 1.17 bits per heavy atom. The molecule has 7 heteroatoms. The molecule has 0 saturated carbocycles. The van der Waals surface area contributed by atoms with Gasteiger partial charge < -0.3 is 9.73 Å². The molecule has 0 bridgehead atoms. The zero-order valence-electron chi connectivity index (χ0n) is 12.4. The molecule has 0 fully saturated rings. The van der Waals surface area contributed by atoms with Gasteiger partial charge in [0.2, 0.25) is 0 Å². The highest BCUT2D eigenvalue weighted by Gasteiger charge is 2.05. The number of furan rings is 1. The number of nitrogens with one attached hydrogen (secondary N) is 2. The molecule has 0 aliphatic heterocycles. The van der Waals surface area contributed by atoms with Crippen molar-refractivity contribution in [1.82, 2.24) is 5.43 Å². The standard InChI is InChI=1S/C17H13Br2N3O2/c18-14-8-12(24-17(14)19)9-21-22-16(23)10-20-15-7-3-5-11-4-1-2-6-13(11)15/h1-9,20H,10H2,(H,22,23)/b21-9+. The second kappa shape index (κ2) is 7.63. The van der Waals surface area contributed by atoms with Gasteiger partial charge in [-0.2, -0.15) is 5.10 Å². The van der Waals surface area contributed by atoms with Crippen molar-refractivity contribution in [2.45, 2.75) is 0 Å². The minimum atomic E-state index is -0.246. The van der Waals surface area contributed by atoms with E-state index in [0.717, 1.165) is 20.9 Å². The Balaban J connectivity index is 1.57. The molecular weight excluding hydrogens is 438 g/mol. The summed E-state index contributed by atoms with van der Waals surface area (Å²) in [4.78, 5) is 11.9. The Bertz CT molecular complexity index is 881. The molecule has 2 N–H and O–H groups in total. The van der Waals surface area contributed by atoms with E-state index in [0.29, 0.717) is 10.4 Å². The Kier molecular flexibility index (Phi) is 5.32. The number of carbonyl (C=O) groups is 1. The van der Waals surface area contributed by atoms with Crippen molar-refractivity contribution in [3.63, 3.8) is 0 Å². The molecule has 24 heavy (non-hydrogen) atoms. The van der Waals surface area contributed by atoms with Crippen LogP contribution in [0.15, 0.2) is 67.2 Å². The number of hydrogen-bond donors (Lipinski definition) is 2. The van der Waals surface area contributed by atoms with Crippen LogP contribution in [0.25, 0.3) is 10.8 Å². The number of carbonyl (C=O) groups excluding carboxylic acids is 1. The van der Waals surface area contributed by atoms with Crippen LogP contribution < -0.4 is 10.7 Å². The molecule has 1 aromatic heterocycles. The Labute approximate surface area is 155 Å². The average molecular weight is 451 g/mol. The Morgan fingerprint density at radius 3 is 2.75 bits per heavy atom. The van der Waals surface area contributed by atoms with E-state index in [2.05, 4.69) is 47.7 Å². The van der Waals surface area contributed by atoms with Crippen LogP contribution in [0.2, 0.25) is 0 Å². The third-order valence-corrected chi connectivity index (χ3v) is 4.98. The van der Waals surface area contributed by atoms with Crippen LogP contribution >= 0.6 is 31.9 Å². The first-order valence-electron chi connectivity index (χ1n) is 7.12. The maximum absolute atomic E-state index is 11.9. The van der Waals surface area contributed by atoms with Crippen molar-refractivity contribution < 1.29 is 9.21 Å². The quantitative estimate of drug-likeness (QED) is 0.443. The fourth-order valence-electron chi connectivity index (χ4n) is 2.19. The van der Waals surface area contributed by atoms with E-state index in [-0.39, 0.29) is 12.5 Å². The summed E-state index contributed by atoms with van der Waals surface area (Å²) in [6.07, 6.45) is 1.44. The zero-order chi connectivity index (χ0) is 16.9. The van der Waals surface area contributed by atoms with Crippen molar-refractivity contribution in [2.75, 3.05) is 11.9 Å². The minimum Gasteiger partial charge on any atom is -0.447 e. The fourth-order valence-corrected chi connectivity index (χ4v) is 2.80. The first-order valence-corrected chi connectivity index (χ1v) is 8.70. The van der Waals surface area contributed by atoms with Gasteiger partial charge in [-0.1, -0.05) is 36.4 Å². The summed E-state index contributed by atoms with van der Waals surface area (Å²) in [7, 11) is 0. The Morgan fingerprint density at radius 2 is 1.96 bits per heavy atom. The number of amides is 1. The molecule has 0 aliphatic rings. The molecule has 0 spiro atoms. The summed E-state index contributed by atoms with van der Waals surface area (Å²) in [5, 5.41) is 9.19. The van der Waals surface area contributed by atoms with Gasteiger partial charge in [0.05, 0.1) is 17.2 Å². The van der Waals surface area contributed by atoms with Gasteiger partial charge in [-0.15, -0.1) is 0 Å². The summed E-state index contributed by atoms with van der Waals surface area (Å²) in [5.74, 6) is 0.278. The lowest BCUT2D eigenvalue weighted by Crippen LogP contribution is -2.25. The number of rotatable bonds is 5. The number of fused-ring (bicyclic) bond motifs is 1. The van der Waals surface area contributed by atoms with Crippen LogP contribution in [0.3, 0.4) is 0 Å². The molecule has 0 atom stereocenters. The van der Waals surface area contributed by atoms with E-state index >= 15 is 0 Å². The van der Waals surface area contributed by atoms with Gasteiger partial charge in [-0.05, 0) is 43.3 Å². The van der Waals surface area contributed by atoms with Crippen molar-refractivity contribution in [1.29, 1.82) is 0 Å². The van der Waals surface area contributed by atoms with E-state index in [1.54, 1.807) is 6.07 Å². The zero-order valence-corrected chi connectivity index (χ0v) is 15.6. The van der Waals surface area contributed by atoms with E-state index in [4.69, 9.17) is 4.42 Å². The number of nitrogens with zero attached hydrogens (tertiary/aromatic N) is 1. The van der Waals surface area contributed by atoms with Crippen LogP contribution in [-0.2, 0) is 4.79 Å². The van der Waals surface area contributed by atoms with Crippen LogP contribution in [0.5, 0.6) is 0 Å². The lowest BCUT2D eigenvalue weighted by Gasteiger charge is -2.08. The molecule has 3 rings (SSSR count). The molecule has 1 amide bonds. The van der Waals surface area contributed by atoms with Crippen LogP contribution in [0.4, 0.5) is 5.69 Å². The predicted molar refractivity (Wildman–Crippen MR) is 102 cm³/mol. The number of anilines is 1. The molecule has 5 nitrogen and oxygen atoms in total. The summed E-state index contributed by atoms with van der Waals surface area (Å²) < 4.78 is 6.69. The largest absolute Gasteiger partial charge is 0.447 e. The van der Waals surface area contributed by atoms with Crippen molar-refractivity contribution >= 4 is 60.4 Å². The van der Waals surface area contributed by atoms with Crippen molar-refractivity contribution in [2.24, 2.45) is 5.10 Å². The maximum atomic E-state index is 11.9.